The van der Waals surface area contributed by atoms with Crippen LogP contribution in [0, 0.1) is 18.3 Å². The minimum Gasteiger partial charge on any atom is -0.741 e. The van der Waals surface area contributed by atoms with Crippen molar-refractivity contribution in [2.75, 3.05) is 0 Å². The molecule has 27 heavy (non-hydrogen) atoms. The molecule has 2 aromatic carbocycles. The summed E-state index contributed by atoms with van der Waals surface area (Å²) in [6.07, 6.45) is 2.01. The molecule has 0 unspecified atom stereocenters. The highest BCUT2D eigenvalue weighted by Gasteiger charge is 2.36. The van der Waals surface area contributed by atoms with E-state index in [0.717, 1.165) is 16.7 Å². The third kappa shape index (κ3) is 4.45. The number of nitrogens with zero attached hydrogens (tertiary/aromatic N) is 3. The van der Waals surface area contributed by atoms with E-state index in [4.69, 9.17) is 13.0 Å². The van der Waals surface area contributed by atoms with Crippen LogP contribution in [0.1, 0.15) is 11.1 Å². The van der Waals surface area contributed by atoms with Crippen LogP contribution in [0.5, 0.6) is 0 Å². The fraction of sp³-hybridized carbons (Fsp3) is 0.176. The highest BCUT2D eigenvalue weighted by molar-refractivity contribution is 7.86. The summed E-state index contributed by atoms with van der Waals surface area (Å²) in [5, 5.41) is 9.30. The fourth-order valence-corrected chi connectivity index (χ4v) is 2.43. The van der Waals surface area contributed by atoms with Gasteiger partial charge in [0.25, 0.3) is 0 Å². The van der Waals surface area contributed by atoms with E-state index in [-0.39, 0.29) is 0 Å². The van der Waals surface area contributed by atoms with Gasteiger partial charge in [-0.2, -0.15) is 23.0 Å². The lowest BCUT2D eigenvalue weighted by Gasteiger charge is -2.08. The minimum atomic E-state index is -6.09. The smallest absolute Gasteiger partial charge is 0.485 e. The number of nitriles is 1. The lowest BCUT2D eigenvalue weighted by molar-refractivity contribution is -0.645. The van der Waals surface area contributed by atoms with Crippen molar-refractivity contribution in [2.45, 2.75) is 12.4 Å². The average Bonchev–Trinajstić information content (AvgIpc) is 2.91. The maximum Gasteiger partial charge on any atom is 0.485 e. The van der Waals surface area contributed by atoms with Gasteiger partial charge in [-0.25, -0.2) is 13.0 Å². The van der Waals surface area contributed by atoms with Crippen molar-refractivity contribution < 1.29 is 30.7 Å². The lowest BCUT2D eigenvalue weighted by atomic mass is 10.2. The van der Waals surface area contributed by atoms with Crippen molar-refractivity contribution in [1.29, 1.82) is 5.26 Å². The molecule has 0 saturated carbocycles. The predicted octanol–water partition coefficient (Wildman–Crippen LogP) is 2.69. The zero-order valence-corrected chi connectivity index (χ0v) is 15.0. The van der Waals surface area contributed by atoms with E-state index < -0.39 is 15.6 Å². The van der Waals surface area contributed by atoms with Gasteiger partial charge in [0.15, 0.2) is 21.2 Å². The van der Waals surface area contributed by atoms with Crippen molar-refractivity contribution in [2.24, 2.45) is 7.05 Å². The van der Waals surface area contributed by atoms with Gasteiger partial charge in [0.2, 0.25) is 6.33 Å². The van der Waals surface area contributed by atoms with Crippen molar-refractivity contribution in [3.05, 3.63) is 59.9 Å². The van der Waals surface area contributed by atoms with Crippen LogP contribution >= 0.6 is 0 Å². The molecule has 3 rings (SSSR count). The molecule has 1 aromatic heterocycles. The van der Waals surface area contributed by atoms with Crippen LogP contribution in [-0.4, -0.2) is 23.0 Å². The molecule has 0 spiro atoms. The van der Waals surface area contributed by atoms with Gasteiger partial charge >= 0.3 is 5.51 Å². The summed E-state index contributed by atoms with van der Waals surface area (Å²) in [5.41, 5.74) is -0.657. The number of aryl methyl sites for hydroxylation is 2. The van der Waals surface area contributed by atoms with E-state index in [0.29, 0.717) is 5.56 Å². The van der Waals surface area contributed by atoms with Gasteiger partial charge in [0.05, 0.1) is 7.05 Å². The molecule has 3 aromatic rings. The number of fused-ring (bicyclic) bond motifs is 1. The second-order valence-electron chi connectivity index (χ2n) is 5.62. The summed E-state index contributed by atoms with van der Waals surface area (Å²) in [6, 6.07) is 16.4. The Bertz CT molecular complexity index is 1130. The second kappa shape index (κ2) is 7.38. The molecule has 0 N–H and O–H groups in total. The number of aromatic nitrogens is 2. The van der Waals surface area contributed by atoms with Crippen molar-refractivity contribution in [3.63, 3.8) is 0 Å². The summed E-state index contributed by atoms with van der Waals surface area (Å²) < 4.78 is 63.0. The molecular formula is C17H14F3N3O3S. The molecule has 6 nitrogen and oxygen atoms in total. The van der Waals surface area contributed by atoms with E-state index in [1.807, 2.05) is 42.2 Å². The Kier molecular flexibility index (Phi) is 5.58. The minimum absolute atomic E-state index is 0.694. The van der Waals surface area contributed by atoms with E-state index in [1.54, 1.807) is 0 Å². The van der Waals surface area contributed by atoms with E-state index in [9.17, 15) is 18.4 Å². The molecule has 10 heteroatoms. The van der Waals surface area contributed by atoms with Crippen LogP contribution in [0.25, 0.3) is 16.7 Å². The summed E-state index contributed by atoms with van der Waals surface area (Å²) in [5.74, 6) is 0. The largest absolute Gasteiger partial charge is 0.741 e. The van der Waals surface area contributed by atoms with Crippen LogP contribution < -0.4 is 4.57 Å². The molecule has 0 aliphatic carbocycles. The van der Waals surface area contributed by atoms with Gasteiger partial charge in [-0.3, -0.25) is 0 Å². The fourth-order valence-electron chi connectivity index (χ4n) is 2.43. The molecule has 0 amide bonds. The number of alkyl halides is 3. The van der Waals surface area contributed by atoms with Crippen molar-refractivity contribution >= 4 is 21.2 Å². The summed E-state index contributed by atoms with van der Waals surface area (Å²) in [4.78, 5) is 0. The van der Waals surface area contributed by atoms with Crippen LogP contribution in [-0.2, 0) is 17.2 Å². The van der Waals surface area contributed by atoms with Gasteiger partial charge in [-0.15, -0.1) is 0 Å². The Morgan fingerprint density at radius 1 is 1.19 bits per heavy atom. The number of imidazole rings is 1. The zero-order chi connectivity index (χ0) is 20.4. The van der Waals surface area contributed by atoms with E-state index >= 15 is 0 Å². The number of benzene rings is 2. The molecule has 0 radical (unpaired) electrons. The Hall–Kier alpha value is -2.90. The summed E-state index contributed by atoms with van der Waals surface area (Å²) in [7, 11) is -4.09. The highest BCUT2D eigenvalue weighted by atomic mass is 32.2. The molecule has 0 fully saturated rings. The van der Waals surface area contributed by atoms with Crippen molar-refractivity contribution in [3.8, 4) is 11.8 Å². The molecule has 142 valence electrons. The lowest BCUT2D eigenvalue weighted by Crippen LogP contribution is -2.25. The Morgan fingerprint density at radius 2 is 1.78 bits per heavy atom. The molecule has 0 saturated heterocycles. The monoisotopic (exact) mass is 397 g/mol. The number of halogens is 3. The second-order valence-corrected chi connectivity index (χ2v) is 6.99. The SMILES string of the molecule is Cc1cccc(-n2c[n+](C)c3cccc(C#N)c32)c1.O=S(=O)([O-])C(F)(F)F. The highest BCUT2D eigenvalue weighted by Crippen LogP contribution is 2.21. The first kappa shape index (κ1) is 20.4. The van der Waals surface area contributed by atoms with Crippen molar-refractivity contribution in [1.82, 2.24) is 4.57 Å². The summed E-state index contributed by atoms with van der Waals surface area (Å²) in [6.45, 7) is 2.07. The van der Waals surface area contributed by atoms with Gasteiger partial charge in [-0.05, 0) is 36.8 Å². The van der Waals surface area contributed by atoms with E-state index in [1.165, 1.54) is 5.56 Å². The molecule has 0 aliphatic rings. The third-order valence-electron chi connectivity index (χ3n) is 3.61. The van der Waals surface area contributed by atoms with E-state index in [2.05, 4.69) is 35.8 Å². The normalized spacial score (nSPS) is 11.6. The number of para-hydroxylation sites is 1. The Labute approximate surface area is 153 Å². The van der Waals surface area contributed by atoms with Crippen LogP contribution in [0.2, 0.25) is 0 Å². The van der Waals surface area contributed by atoms with Crippen LogP contribution in [0.15, 0.2) is 48.8 Å². The van der Waals surface area contributed by atoms with Gasteiger partial charge in [0.1, 0.15) is 17.3 Å². The average molecular weight is 397 g/mol. The molecular weight excluding hydrogens is 383 g/mol. The maximum absolute atomic E-state index is 10.7. The predicted molar refractivity (Wildman–Crippen MR) is 89.7 cm³/mol. The Morgan fingerprint density at radius 3 is 2.30 bits per heavy atom. The molecule has 0 bridgehead atoms. The first-order chi connectivity index (χ1) is 12.5. The first-order valence-electron chi connectivity index (χ1n) is 7.44. The number of hydrogen-bond acceptors (Lipinski definition) is 4. The van der Waals surface area contributed by atoms with Crippen LogP contribution in [0.3, 0.4) is 0 Å². The van der Waals surface area contributed by atoms with Gasteiger partial charge in [0, 0.05) is 0 Å². The molecule has 1 heterocycles. The third-order valence-corrected chi connectivity index (χ3v) is 4.17. The van der Waals surface area contributed by atoms with Gasteiger partial charge in [-0.1, -0.05) is 18.2 Å². The number of hydrogen-bond donors (Lipinski definition) is 0. The standard InChI is InChI=1S/C16H14N3.CHF3O3S/c1-12-5-3-7-14(9-12)19-11-18(2)15-8-4-6-13(10-17)16(15)19;2-1(3,4)8(5,6)7/h3-9,11H,1-2H3;(H,5,6,7)/q+1;/p-1. The topological polar surface area (TPSA) is 89.8 Å². The van der Waals surface area contributed by atoms with Crippen LogP contribution in [0.4, 0.5) is 13.2 Å². The molecule has 0 atom stereocenters. The summed E-state index contributed by atoms with van der Waals surface area (Å²) >= 11 is 0. The maximum atomic E-state index is 10.7. The zero-order valence-electron chi connectivity index (χ0n) is 14.2. The molecule has 0 aliphatic heterocycles. The first-order valence-corrected chi connectivity index (χ1v) is 8.85. The number of rotatable bonds is 1. The quantitative estimate of drug-likeness (QED) is 0.359. The van der Waals surface area contributed by atoms with Gasteiger partial charge < -0.3 is 4.55 Å². The Balaban J connectivity index is 0.000000279.